The van der Waals surface area contributed by atoms with Crippen LogP contribution in [0.2, 0.25) is 0 Å². The van der Waals surface area contributed by atoms with Gasteiger partial charge in [-0.05, 0) is 11.5 Å². The summed E-state index contributed by atoms with van der Waals surface area (Å²) in [6.07, 6.45) is 0. The minimum Gasteiger partial charge on any atom is -0.303 e. The second-order valence-electron chi connectivity index (χ2n) is 2.85. The molecular formula is C10H10N4. The van der Waals surface area contributed by atoms with Gasteiger partial charge in [0.05, 0.1) is 5.69 Å². The summed E-state index contributed by atoms with van der Waals surface area (Å²) in [4.78, 5) is 0. The molecule has 0 atom stereocenters. The molecule has 0 aliphatic heterocycles. The van der Waals surface area contributed by atoms with Gasteiger partial charge in [-0.15, -0.1) is 0 Å². The largest absolute Gasteiger partial charge is 0.303 e. The average molecular weight is 186 g/mol. The van der Waals surface area contributed by atoms with E-state index < -0.39 is 0 Å². The van der Waals surface area contributed by atoms with Crippen molar-refractivity contribution in [2.45, 2.75) is 0 Å². The highest BCUT2D eigenvalue weighted by atomic mass is 15.5. The SMILES string of the molecule is NN=NNc1cccc2ccccc12. The van der Waals surface area contributed by atoms with Crippen molar-refractivity contribution in [1.29, 1.82) is 0 Å². The van der Waals surface area contributed by atoms with Crippen molar-refractivity contribution in [3.05, 3.63) is 42.5 Å². The Morgan fingerprint density at radius 2 is 1.79 bits per heavy atom. The number of hydrogen-bond donors (Lipinski definition) is 2. The maximum absolute atomic E-state index is 4.92. The monoisotopic (exact) mass is 186 g/mol. The molecule has 70 valence electrons. The maximum atomic E-state index is 4.92. The predicted molar refractivity (Wildman–Crippen MR) is 56.6 cm³/mol. The first kappa shape index (κ1) is 8.50. The zero-order chi connectivity index (χ0) is 9.80. The molecule has 14 heavy (non-hydrogen) atoms. The number of hydrogen-bond acceptors (Lipinski definition) is 2. The van der Waals surface area contributed by atoms with Crippen LogP contribution in [-0.2, 0) is 0 Å². The molecule has 4 nitrogen and oxygen atoms in total. The molecular weight excluding hydrogens is 176 g/mol. The molecule has 0 amide bonds. The Balaban J connectivity index is 2.53. The van der Waals surface area contributed by atoms with E-state index in [1.165, 1.54) is 0 Å². The van der Waals surface area contributed by atoms with Gasteiger partial charge in [0.1, 0.15) is 0 Å². The van der Waals surface area contributed by atoms with E-state index in [0.29, 0.717) is 0 Å². The fourth-order valence-corrected chi connectivity index (χ4v) is 1.41. The summed E-state index contributed by atoms with van der Waals surface area (Å²) < 4.78 is 0. The highest BCUT2D eigenvalue weighted by molar-refractivity contribution is 5.93. The van der Waals surface area contributed by atoms with Crippen molar-refractivity contribution >= 4 is 16.5 Å². The minimum atomic E-state index is 0.900. The molecule has 2 aromatic rings. The molecule has 0 aromatic heterocycles. The molecule has 0 unspecified atom stereocenters. The number of anilines is 1. The van der Waals surface area contributed by atoms with Crippen LogP contribution >= 0.6 is 0 Å². The first-order valence-corrected chi connectivity index (χ1v) is 4.25. The smallest absolute Gasteiger partial charge is 0.0657 e. The molecule has 2 rings (SSSR count). The van der Waals surface area contributed by atoms with Crippen LogP contribution in [0.5, 0.6) is 0 Å². The molecule has 0 saturated heterocycles. The quantitative estimate of drug-likeness (QED) is 0.430. The second-order valence-corrected chi connectivity index (χ2v) is 2.85. The maximum Gasteiger partial charge on any atom is 0.0657 e. The predicted octanol–water partition coefficient (Wildman–Crippen LogP) is 2.49. The number of nitrogens with one attached hydrogen (secondary N) is 1. The van der Waals surface area contributed by atoms with Crippen molar-refractivity contribution in [2.24, 2.45) is 16.3 Å². The van der Waals surface area contributed by atoms with E-state index >= 15 is 0 Å². The van der Waals surface area contributed by atoms with Crippen LogP contribution in [0.25, 0.3) is 10.8 Å². The van der Waals surface area contributed by atoms with E-state index in [0.717, 1.165) is 16.5 Å². The summed E-state index contributed by atoms with van der Waals surface area (Å²) in [5, 5.41) is 8.95. The molecule has 0 bridgehead atoms. The summed E-state index contributed by atoms with van der Waals surface area (Å²) in [6, 6.07) is 14.0. The molecule has 0 aliphatic carbocycles. The van der Waals surface area contributed by atoms with Gasteiger partial charge in [-0.2, -0.15) is 0 Å². The van der Waals surface area contributed by atoms with Crippen LogP contribution in [0.4, 0.5) is 5.69 Å². The molecule has 0 fully saturated rings. The van der Waals surface area contributed by atoms with Gasteiger partial charge < -0.3 is 5.84 Å². The molecule has 3 N–H and O–H groups in total. The third-order valence-electron chi connectivity index (χ3n) is 2.02. The molecule has 0 aliphatic rings. The van der Waals surface area contributed by atoms with Crippen molar-refractivity contribution in [1.82, 2.24) is 0 Å². The summed E-state index contributed by atoms with van der Waals surface area (Å²) in [6.45, 7) is 0. The Kier molecular flexibility index (Phi) is 2.27. The van der Waals surface area contributed by atoms with Gasteiger partial charge >= 0.3 is 0 Å². The summed E-state index contributed by atoms with van der Waals surface area (Å²) in [5.41, 5.74) is 3.67. The van der Waals surface area contributed by atoms with E-state index in [2.05, 4.69) is 15.9 Å². The van der Waals surface area contributed by atoms with Gasteiger partial charge in [0, 0.05) is 5.39 Å². The third-order valence-corrected chi connectivity index (χ3v) is 2.02. The lowest BCUT2D eigenvalue weighted by atomic mass is 10.1. The zero-order valence-electron chi connectivity index (χ0n) is 7.51. The van der Waals surface area contributed by atoms with Crippen molar-refractivity contribution in [3.8, 4) is 0 Å². The molecule has 2 aromatic carbocycles. The van der Waals surface area contributed by atoms with Crippen LogP contribution in [-0.4, -0.2) is 0 Å². The second kappa shape index (κ2) is 3.74. The lowest BCUT2D eigenvalue weighted by Gasteiger charge is -2.03. The Bertz CT molecular complexity index is 459. The average Bonchev–Trinajstić information content (AvgIpc) is 2.26. The van der Waals surface area contributed by atoms with Crippen LogP contribution in [0, 0.1) is 0 Å². The van der Waals surface area contributed by atoms with Crippen molar-refractivity contribution in [2.75, 3.05) is 5.43 Å². The van der Waals surface area contributed by atoms with Crippen LogP contribution in [0.15, 0.2) is 52.9 Å². The van der Waals surface area contributed by atoms with Crippen LogP contribution in [0.3, 0.4) is 0 Å². The van der Waals surface area contributed by atoms with E-state index in [-0.39, 0.29) is 0 Å². The highest BCUT2D eigenvalue weighted by Gasteiger charge is 1.97. The Hall–Kier alpha value is -2.10. The van der Waals surface area contributed by atoms with E-state index in [1.807, 2.05) is 42.5 Å². The standard InChI is InChI=1S/C10H10N4/c11-13-14-12-10-7-3-5-8-4-1-2-6-9(8)10/h1-7H,(H2,11,14)(H,12,13). The Labute approximate surface area is 81.4 Å². The fourth-order valence-electron chi connectivity index (χ4n) is 1.41. The van der Waals surface area contributed by atoms with E-state index in [4.69, 9.17) is 5.84 Å². The number of rotatable bonds is 2. The van der Waals surface area contributed by atoms with Gasteiger partial charge in [0.15, 0.2) is 0 Å². The first-order valence-electron chi connectivity index (χ1n) is 4.25. The van der Waals surface area contributed by atoms with Crippen LogP contribution < -0.4 is 11.3 Å². The van der Waals surface area contributed by atoms with E-state index in [9.17, 15) is 0 Å². The molecule has 0 heterocycles. The van der Waals surface area contributed by atoms with Crippen molar-refractivity contribution < 1.29 is 0 Å². The van der Waals surface area contributed by atoms with Gasteiger partial charge in [0.2, 0.25) is 0 Å². The number of nitrogens with zero attached hydrogens (tertiary/aromatic N) is 2. The summed E-state index contributed by atoms with van der Waals surface area (Å²) in [5.74, 6) is 4.92. The first-order chi connectivity index (χ1) is 6.92. The molecule has 4 heteroatoms. The number of nitrogens with two attached hydrogens (primary N) is 1. The number of fused-ring (bicyclic) bond motifs is 1. The summed E-state index contributed by atoms with van der Waals surface area (Å²) >= 11 is 0. The van der Waals surface area contributed by atoms with Crippen LogP contribution in [0.1, 0.15) is 0 Å². The molecule has 0 spiro atoms. The van der Waals surface area contributed by atoms with Gasteiger partial charge in [-0.3, -0.25) is 5.43 Å². The minimum absolute atomic E-state index is 0.900. The Morgan fingerprint density at radius 3 is 2.64 bits per heavy atom. The highest BCUT2D eigenvalue weighted by Crippen LogP contribution is 2.22. The fraction of sp³-hybridized carbons (Fsp3) is 0. The normalized spacial score (nSPS) is 10.9. The molecule has 0 radical (unpaired) electrons. The molecule has 0 saturated carbocycles. The topological polar surface area (TPSA) is 62.8 Å². The van der Waals surface area contributed by atoms with Crippen molar-refractivity contribution in [3.63, 3.8) is 0 Å². The lowest BCUT2D eigenvalue weighted by Crippen LogP contribution is -1.90. The Morgan fingerprint density at radius 1 is 1.00 bits per heavy atom. The summed E-state index contributed by atoms with van der Waals surface area (Å²) in [7, 11) is 0. The zero-order valence-corrected chi connectivity index (χ0v) is 7.51. The van der Waals surface area contributed by atoms with Gasteiger partial charge in [0.25, 0.3) is 0 Å². The number of benzene rings is 2. The van der Waals surface area contributed by atoms with E-state index in [1.54, 1.807) is 0 Å². The van der Waals surface area contributed by atoms with Gasteiger partial charge in [-0.1, -0.05) is 46.8 Å². The van der Waals surface area contributed by atoms with Gasteiger partial charge in [-0.25, -0.2) is 0 Å². The lowest BCUT2D eigenvalue weighted by molar-refractivity contribution is 1.01. The third kappa shape index (κ3) is 1.50.